The van der Waals surface area contributed by atoms with Crippen LogP contribution in [-0.4, -0.2) is 73.0 Å². The first-order valence-corrected chi connectivity index (χ1v) is 12.8. The normalized spacial score (nSPS) is 20.8. The molecule has 0 aromatic carbocycles. The predicted octanol–water partition coefficient (Wildman–Crippen LogP) is 3.63. The van der Waals surface area contributed by atoms with E-state index in [1.807, 2.05) is 10.9 Å². The molecule has 0 radical (unpaired) electrons. The zero-order valence-electron chi connectivity index (χ0n) is 20.2. The molecule has 0 bridgehead atoms. The van der Waals surface area contributed by atoms with Crippen molar-refractivity contribution in [2.45, 2.75) is 64.6 Å². The van der Waals surface area contributed by atoms with E-state index in [0.29, 0.717) is 12.6 Å². The molecule has 3 aromatic rings. The molecule has 34 heavy (non-hydrogen) atoms. The van der Waals surface area contributed by atoms with E-state index in [-0.39, 0.29) is 6.04 Å². The summed E-state index contributed by atoms with van der Waals surface area (Å²) >= 11 is 0. The number of imidazole rings is 1. The van der Waals surface area contributed by atoms with Crippen molar-refractivity contribution in [3.63, 3.8) is 0 Å². The van der Waals surface area contributed by atoms with Gasteiger partial charge in [0.2, 0.25) is 0 Å². The Bertz CT molecular complexity index is 1150. The second-order valence-electron chi connectivity index (χ2n) is 10.0. The highest BCUT2D eigenvalue weighted by molar-refractivity contribution is 5.69. The number of likely N-dealkylation sites (tertiary alicyclic amines) is 1. The van der Waals surface area contributed by atoms with E-state index in [0.717, 1.165) is 54.1 Å². The van der Waals surface area contributed by atoms with Crippen molar-refractivity contribution < 1.29 is 4.74 Å². The molecule has 6 rings (SSSR count). The van der Waals surface area contributed by atoms with Gasteiger partial charge in [0.05, 0.1) is 12.1 Å². The fourth-order valence-electron chi connectivity index (χ4n) is 5.61. The van der Waals surface area contributed by atoms with Crippen molar-refractivity contribution in [3.05, 3.63) is 24.8 Å². The Labute approximate surface area is 200 Å². The van der Waals surface area contributed by atoms with Gasteiger partial charge in [-0.25, -0.2) is 19.6 Å². The Morgan fingerprint density at radius 3 is 2.76 bits per heavy atom. The van der Waals surface area contributed by atoms with Gasteiger partial charge in [0, 0.05) is 43.6 Å². The Hall–Kier alpha value is -2.94. The van der Waals surface area contributed by atoms with E-state index < -0.39 is 0 Å². The van der Waals surface area contributed by atoms with Gasteiger partial charge in [0.25, 0.3) is 0 Å². The lowest BCUT2D eigenvalue weighted by atomic mass is 10.1. The average molecular weight is 463 g/mol. The molecule has 9 nitrogen and oxygen atoms in total. The summed E-state index contributed by atoms with van der Waals surface area (Å²) in [5, 5.41) is 4.38. The van der Waals surface area contributed by atoms with Gasteiger partial charge >= 0.3 is 0 Å². The van der Waals surface area contributed by atoms with Crippen LogP contribution in [0.5, 0.6) is 5.75 Å². The maximum absolute atomic E-state index is 6.20. The molecule has 3 aliphatic rings. The molecule has 0 spiro atoms. The first-order chi connectivity index (χ1) is 16.7. The maximum atomic E-state index is 6.20. The highest BCUT2D eigenvalue weighted by atomic mass is 16.5. The van der Waals surface area contributed by atoms with Gasteiger partial charge in [0.1, 0.15) is 36.0 Å². The number of hydrogen-bond donors (Lipinski definition) is 0. The Kier molecular flexibility index (Phi) is 5.72. The minimum atomic E-state index is 0.220. The van der Waals surface area contributed by atoms with Crippen LogP contribution in [0.25, 0.3) is 22.9 Å². The molecule has 0 aliphatic carbocycles. The van der Waals surface area contributed by atoms with E-state index in [2.05, 4.69) is 50.6 Å². The minimum absolute atomic E-state index is 0.220. The quantitative estimate of drug-likeness (QED) is 0.573. The fraction of sp³-hybridized carbons (Fsp3) is 0.600. The van der Waals surface area contributed by atoms with Crippen LogP contribution < -0.4 is 9.64 Å². The van der Waals surface area contributed by atoms with Crippen LogP contribution in [0.1, 0.15) is 52.0 Å². The molecular weight excluding hydrogens is 428 g/mol. The number of piperidine rings is 1. The van der Waals surface area contributed by atoms with Gasteiger partial charge in [-0.05, 0) is 52.6 Å². The van der Waals surface area contributed by atoms with Gasteiger partial charge in [-0.1, -0.05) is 6.42 Å². The number of ether oxygens (including phenoxy) is 1. The van der Waals surface area contributed by atoms with Crippen LogP contribution in [-0.2, 0) is 6.54 Å². The molecule has 2 fully saturated rings. The number of aromatic nitrogens is 6. The van der Waals surface area contributed by atoms with Gasteiger partial charge in [-0.2, -0.15) is 5.10 Å². The summed E-state index contributed by atoms with van der Waals surface area (Å²) in [6.07, 6.45) is 12.1. The number of anilines is 1. The van der Waals surface area contributed by atoms with Gasteiger partial charge in [-0.3, -0.25) is 0 Å². The predicted molar refractivity (Wildman–Crippen MR) is 131 cm³/mol. The van der Waals surface area contributed by atoms with E-state index in [1.54, 1.807) is 6.33 Å². The lowest BCUT2D eigenvalue weighted by molar-refractivity contribution is 0.216. The number of nitrogens with zero attached hydrogens (tertiary/aromatic N) is 8. The van der Waals surface area contributed by atoms with Gasteiger partial charge in [0.15, 0.2) is 5.82 Å². The Balaban J connectivity index is 1.28. The van der Waals surface area contributed by atoms with Crippen molar-refractivity contribution in [3.8, 4) is 28.7 Å². The number of rotatable bonds is 5. The van der Waals surface area contributed by atoms with Crippen molar-refractivity contribution in [2.75, 3.05) is 37.7 Å². The molecule has 3 aromatic heterocycles. The highest BCUT2D eigenvalue weighted by Crippen LogP contribution is 2.37. The third-order valence-corrected chi connectivity index (χ3v) is 7.34. The molecule has 0 amide bonds. The molecule has 180 valence electrons. The number of pyridine rings is 1. The average Bonchev–Trinajstić information content (AvgIpc) is 3.58. The van der Waals surface area contributed by atoms with Crippen LogP contribution >= 0.6 is 0 Å². The zero-order valence-corrected chi connectivity index (χ0v) is 20.2. The van der Waals surface area contributed by atoms with Crippen molar-refractivity contribution in [2.24, 2.45) is 0 Å². The summed E-state index contributed by atoms with van der Waals surface area (Å²) in [4.78, 5) is 19.5. The topological polar surface area (TPSA) is 77.1 Å². The first-order valence-electron chi connectivity index (χ1n) is 12.8. The second-order valence-corrected chi connectivity index (χ2v) is 10.0. The SMILES string of the molecule is CC(C)n1ncnc1-c1cn2c(n1)-c1cnc(N3CCCC3CN3CCCCC3)cc1OCC2. The molecular formula is C25H34N8O. The molecule has 1 atom stereocenters. The molecule has 2 saturated heterocycles. The van der Waals surface area contributed by atoms with E-state index in [4.69, 9.17) is 14.7 Å². The van der Waals surface area contributed by atoms with Crippen LogP contribution in [0, 0.1) is 0 Å². The van der Waals surface area contributed by atoms with Crippen molar-refractivity contribution >= 4 is 5.82 Å². The zero-order chi connectivity index (χ0) is 23.1. The van der Waals surface area contributed by atoms with Crippen LogP contribution in [0.2, 0.25) is 0 Å². The first kappa shape index (κ1) is 21.6. The van der Waals surface area contributed by atoms with Crippen molar-refractivity contribution in [1.82, 2.24) is 34.2 Å². The smallest absolute Gasteiger partial charge is 0.178 e. The summed E-state index contributed by atoms with van der Waals surface area (Å²) in [6, 6.07) is 2.88. The van der Waals surface area contributed by atoms with Crippen LogP contribution in [0.4, 0.5) is 5.82 Å². The van der Waals surface area contributed by atoms with Gasteiger partial charge in [-0.15, -0.1) is 0 Å². The lowest BCUT2D eigenvalue weighted by Gasteiger charge is -2.33. The van der Waals surface area contributed by atoms with E-state index >= 15 is 0 Å². The second kappa shape index (κ2) is 9.02. The summed E-state index contributed by atoms with van der Waals surface area (Å²) in [7, 11) is 0. The van der Waals surface area contributed by atoms with E-state index in [1.165, 1.54) is 45.2 Å². The largest absolute Gasteiger partial charge is 0.491 e. The maximum Gasteiger partial charge on any atom is 0.178 e. The number of fused-ring (bicyclic) bond motifs is 3. The molecule has 0 N–H and O–H groups in total. The van der Waals surface area contributed by atoms with Crippen LogP contribution in [0.3, 0.4) is 0 Å². The third kappa shape index (κ3) is 3.96. The summed E-state index contributed by atoms with van der Waals surface area (Å²) in [5.74, 6) is 3.57. The summed E-state index contributed by atoms with van der Waals surface area (Å²) in [5.41, 5.74) is 1.77. The third-order valence-electron chi connectivity index (χ3n) is 7.34. The highest BCUT2D eigenvalue weighted by Gasteiger charge is 2.30. The Morgan fingerprint density at radius 2 is 1.91 bits per heavy atom. The van der Waals surface area contributed by atoms with Gasteiger partial charge < -0.3 is 19.1 Å². The van der Waals surface area contributed by atoms with E-state index in [9.17, 15) is 0 Å². The Morgan fingerprint density at radius 1 is 1.03 bits per heavy atom. The van der Waals surface area contributed by atoms with Crippen LogP contribution in [0.15, 0.2) is 24.8 Å². The minimum Gasteiger partial charge on any atom is -0.491 e. The number of hydrogen-bond acceptors (Lipinski definition) is 7. The summed E-state index contributed by atoms with van der Waals surface area (Å²) in [6.45, 7) is 10.2. The molecule has 9 heteroatoms. The molecule has 0 saturated carbocycles. The standard InChI is InChI=1S/C25H34N8O/c1-18(2)33-25(27-17-28-33)21-16-31-11-12-34-22-13-23(26-14-20(22)24(31)29-21)32-10-6-7-19(32)15-30-8-4-3-5-9-30/h13-14,16-19H,3-12,15H2,1-2H3. The molecule has 3 aliphatic heterocycles. The fourth-order valence-corrected chi connectivity index (χ4v) is 5.61. The lowest BCUT2D eigenvalue weighted by Crippen LogP contribution is -2.42. The summed E-state index contributed by atoms with van der Waals surface area (Å²) < 4.78 is 10.3. The van der Waals surface area contributed by atoms with Crippen molar-refractivity contribution in [1.29, 1.82) is 0 Å². The molecule has 6 heterocycles. The molecule has 1 unspecified atom stereocenters. The monoisotopic (exact) mass is 462 g/mol.